The average molecular weight is 271 g/mol. The molecule has 0 amide bonds. The minimum absolute atomic E-state index is 0.171. The van der Waals surface area contributed by atoms with Crippen LogP contribution in [-0.2, 0) is 17.8 Å². The number of hydrogen-bond acceptors (Lipinski definition) is 4. The first-order chi connectivity index (χ1) is 9.74. The van der Waals surface area contributed by atoms with Crippen LogP contribution in [0.3, 0.4) is 0 Å². The zero-order chi connectivity index (χ0) is 14.4. The van der Waals surface area contributed by atoms with Gasteiger partial charge in [-0.15, -0.1) is 13.2 Å². The number of aromatic hydroxyl groups is 1. The summed E-state index contributed by atoms with van der Waals surface area (Å²) >= 11 is 0. The van der Waals surface area contributed by atoms with Gasteiger partial charge in [-0.05, 0) is 24.1 Å². The van der Waals surface area contributed by atoms with Crippen LogP contribution in [0.1, 0.15) is 11.3 Å². The Labute approximate surface area is 118 Å². The molecule has 0 unspecified atom stereocenters. The fourth-order valence-electron chi connectivity index (χ4n) is 1.83. The lowest BCUT2D eigenvalue weighted by Crippen LogP contribution is -1.90. The van der Waals surface area contributed by atoms with Crippen molar-refractivity contribution in [3.8, 4) is 17.0 Å². The van der Waals surface area contributed by atoms with E-state index in [1.807, 2.05) is 18.2 Å². The minimum Gasteiger partial charge on any atom is -0.507 e. The van der Waals surface area contributed by atoms with Crippen LogP contribution in [0.25, 0.3) is 11.3 Å². The molecule has 2 rings (SSSR count). The Kier molecular flexibility index (Phi) is 4.74. The summed E-state index contributed by atoms with van der Waals surface area (Å²) in [6.45, 7) is 8.06. The monoisotopic (exact) mass is 271 g/mol. The molecule has 1 aromatic carbocycles. The third-order valence-corrected chi connectivity index (χ3v) is 2.76. The number of ether oxygens (including phenoxy) is 1. The summed E-state index contributed by atoms with van der Waals surface area (Å²) in [5, 5.41) is 13.9. The third-order valence-electron chi connectivity index (χ3n) is 2.76. The van der Waals surface area contributed by atoms with Crippen molar-refractivity contribution in [2.45, 2.75) is 13.0 Å². The topological polar surface area (TPSA) is 55.5 Å². The van der Waals surface area contributed by atoms with Gasteiger partial charge < -0.3 is 14.4 Å². The van der Waals surface area contributed by atoms with Crippen LogP contribution in [0.4, 0.5) is 0 Å². The highest BCUT2D eigenvalue weighted by molar-refractivity contribution is 5.67. The maximum atomic E-state index is 9.93. The molecule has 1 aromatic heterocycles. The average Bonchev–Trinajstić information content (AvgIpc) is 2.90. The van der Waals surface area contributed by atoms with E-state index in [1.165, 1.54) is 0 Å². The third kappa shape index (κ3) is 3.36. The molecule has 0 aliphatic rings. The highest BCUT2D eigenvalue weighted by atomic mass is 16.5. The number of phenols is 1. The SMILES string of the molecule is C=CCOCc1cc(-c2cc(CC=C)ccc2O)no1. The van der Waals surface area contributed by atoms with E-state index in [0.29, 0.717) is 30.2 Å². The van der Waals surface area contributed by atoms with Gasteiger partial charge in [0.25, 0.3) is 0 Å². The largest absolute Gasteiger partial charge is 0.507 e. The second-order valence-corrected chi connectivity index (χ2v) is 4.33. The molecular formula is C16H17NO3. The van der Waals surface area contributed by atoms with E-state index in [0.717, 1.165) is 12.0 Å². The van der Waals surface area contributed by atoms with Gasteiger partial charge in [-0.2, -0.15) is 0 Å². The van der Waals surface area contributed by atoms with E-state index in [9.17, 15) is 5.11 Å². The van der Waals surface area contributed by atoms with Crippen LogP contribution < -0.4 is 0 Å². The second kappa shape index (κ2) is 6.73. The molecule has 20 heavy (non-hydrogen) atoms. The van der Waals surface area contributed by atoms with Crippen molar-refractivity contribution in [3.63, 3.8) is 0 Å². The molecule has 4 heteroatoms. The lowest BCUT2D eigenvalue weighted by Gasteiger charge is -2.03. The van der Waals surface area contributed by atoms with Crippen molar-refractivity contribution in [3.05, 3.63) is 60.9 Å². The van der Waals surface area contributed by atoms with Crippen molar-refractivity contribution in [1.29, 1.82) is 0 Å². The molecular weight excluding hydrogens is 254 g/mol. The zero-order valence-corrected chi connectivity index (χ0v) is 11.2. The van der Waals surface area contributed by atoms with Gasteiger partial charge in [0.15, 0.2) is 5.76 Å². The van der Waals surface area contributed by atoms with Crippen LogP contribution in [0.5, 0.6) is 5.75 Å². The quantitative estimate of drug-likeness (QED) is 0.618. The van der Waals surface area contributed by atoms with E-state index >= 15 is 0 Å². The van der Waals surface area contributed by atoms with Gasteiger partial charge >= 0.3 is 0 Å². The summed E-state index contributed by atoms with van der Waals surface area (Å²) in [6, 6.07) is 7.14. The Hall–Kier alpha value is -2.33. The van der Waals surface area contributed by atoms with Crippen LogP contribution in [0.2, 0.25) is 0 Å². The Morgan fingerprint density at radius 1 is 1.25 bits per heavy atom. The van der Waals surface area contributed by atoms with Crippen LogP contribution in [0.15, 0.2) is 54.1 Å². The first-order valence-electron chi connectivity index (χ1n) is 6.32. The first-order valence-corrected chi connectivity index (χ1v) is 6.32. The predicted octanol–water partition coefficient (Wildman–Crippen LogP) is 3.48. The molecule has 0 bridgehead atoms. The molecule has 0 saturated carbocycles. The standard InChI is InChI=1S/C16H17NO3/c1-3-5-12-6-7-16(18)14(9-12)15-10-13(20-17-15)11-19-8-4-2/h3-4,6-7,9-10,18H,1-2,5,8,11H2. The molecule has 0 radical (unpaired) electrons. The summed E-state index contributed by atoms with van der Waals surface area (Å²) in [4.78, 5) is 0. The van der Waals surface area contributed by atoms with Crippen LogP contribution in [0, 0.1) is 0 Å². The molecule has 0 aliphatic heterocycles. The van der Waals surface area contributed by atoms with Crippen molar-refractivity contribution < 1.29 is 14.4 Å². The van der Waals surface area contributed by atoms with Crippen LogP contribution >= 0.6 is 0 Å². The van der Waals surface area contributed by atoms with Crippen LogP contribution in [-0.4, -0.2) is 16.9 Å². The summed E-state index contributed by atoms with van der Waals surface area (Å²) in [5.74, 6) is 0.778. The normalized spacial score (nSPS) is 10.4. The van der Waals surface area contributed by atoms with Gasteiger partial charge in [0.05, 0.1) is 6.61 Å². The summed E-state index contributed by atoms with van der Waals surface area (Å²) in [5.41, 5.74) is 2.29. The number of nitrogens with zero attached hydrogens (tertiary/aromatic N) is 1. The maximum absolute atomic E-state index is 9.93. The van der Waals surface area contributed by atoms with Crippen molar-refractivity contribution in [2.24, 2.45) is 0 Å². The van der Waals surface area contributed by atoms with E-state index < -0.39 is 0 Å². The lowest BCUT2D eigenvalue weighted by molar-refractivity contribution is 0.125. The fraction of sp³-hybridized carbons (Fsp3) is 0.188. The first kappa shape index (κ1) is 14.1. The Bertz CT molecular complexity index is 602. The molecule has 0 saturated heterocycles. The van der Waals surface area contributed by atoms with Crippen molar-refractivity contribution >= 4 is 0 Å². The molecule has 0 spiro atoms. The minimum atomic E-state index is 0.171. The smallest absolute Gasteiger partial charge is 0.163 e. The van der Waals surface area contributed by atoms with E-state index in [4.69, 9.17) is 9.26 Å². The number of rotatable bonds is 7. The van der Waals surface area contributed by atoms with Gasteiger partial charge in [-0.25, -0.2) is 0 Å². The highest BCUT2D eigenvalue weighted by Gasteiger charge is 2.11. The second-order valence-electron chi connectivity index (χ2n) is 4.33. The molecule has 1 heterocycles. The molecule has 0 aliphatic carbocycles. The summed E-state index contributed by atoms with van der Waals surface area (Å²) in [6.07, 6.45) is 4.22. The Morgan fingerprint density at radius 2 is 2.10 bits per heavy atom. The zero-order valence-electron chi connectivity index (χ0n) is 11.2. The maximum Gasteiger partial charge on any atom is 0.163 e. The van der Waals surface area contributed by atoms with E-state index in [2.05, 4.69) is 18.3 Å². The molecule has 0 fully saturated rings. The molecule has 104 valence electrons. The highest BCUT2D eigenvalue weighted by Crippen LogP contribution is 2.30. The lowest BCUT2D eigenvalue weighted by atomic mass is 10.0. The van der Waals surface area contributed by atoms with Gasteiger partial charge in [-0.1, -0.05) is 23.4 Å². The Balaban J connectivity index is 2.20. The number of aromatic nitrogens is 1. The molecule has 2 aromatic rings. The number of phenolic OH excluding ortho intramolecular Hbond substituents is 1. The Morgan fingerprint density at radius 3 is 2.85 bits per heavy atom. The molecule has 4 nitrogen and oxygen atoms in total. The summed E-state index contributed by atoms with van der Waals surface area (Å²) in [7, 11) is 0. The van der Waals surface area contributed by atoms with Gasteiger partial charge in [0, 0.05) is 11.6 Å². The molecule has 0 atom stereocenters. The molecule has 1 N–H and O–H groups in total. The van der Waals surface area contributed by atoms with Crippen molar-refractivity contribution in [2.75, 3.05) is 6.61 Å². The van der Waals surface area contributed by atoms with E-state index in [1.54, 1.807) is 18.2 Å². The number of benzene rings is 1. The number of hydrogen-bond donors (Lipinski definition) is 1. The predicted molar refractivity (Wildman–Crippen MR) is 77.4 cm³/mol. The van der Waals surface area contributed by atoms with Crippen molar-refractivity contribution in [1.82, 2.24) is 5.16 Å². The van der Waals surface area contributed by atoms with Gasteiger partial charge in [-0.3, -0.25) is 0 Å². The van der Waals surface area contributed by atoms with Gasteiger partial charge in [0.1, 0.15) is 18.1 Å². The summed E-state index contributed by atoms with van der Waals surface area (Å²) < 4.78 is 10.5. The fourth-order valence-corrected chi connectivity index (χ4v) is 1.83. The number of allylic oxidation sites excluding steroid dienone is 1. The van der Waals surface area contributed by atoms with Gasteiger partial charge in [0.2, 0.25) is 0 Å². The van der Waals surface area contributed by atoms with E-state index in [-0.39, 0.29) is 5.75 Å².